The molecule has 3 fully saturated rings. The van der Waals surface area contributed by atoms with Crippen molar-refractivity contribution in [3.05, 3.63) is 24.3 Å². The van der Waals surface area contributed by atoms with Crippen LogP contribution in [-0.2, 0) is 9.59 Å². The maximum Gasteiger partial charge on any atom is 0.227 e. The molecular formula is C21H27N5O2. The number of rotatable bonds is 3. The van der Waals surface area contributed by atoms with Gasteiger partial charge < -0.3 is 14.8 Å². The first-order chi connectivity index (χ1) is 13.7. The van der Waals surface area contributed by atoms with Gasteiger partial charge in [-0.25, -0.2) is 4.98 Å². The van der Waals surface area contributed by atoms with Gasteiger partial charge in [-0.2, -0.15) is 0 Å². The molecule has 1 N–H and O–H groups in total. The summed E-state index contributed by atoms with van der Waals surface area (Å²) < 4.78 is 0. The summed E-state index contributed by atoms with van der Waals surface area (Å²) in [5, 5.41) is 0. The van der Waals surface area contributed by atoms with Gasteiger partial charge in [0.1, 0.15) is 5.82 Å². The molecule has 2 unspecified atom stereocenters. The molecular weight excluding hydrogens is 354 g/mol. The van der Waals surface area contributed by atoms with Gasteiger partial charge in [-0.3, -0.25) is 14.6 Å². The number of amides is 2. The molecule has 1 saturated carbocycles. The molecule has 0 aromatic carbocycles. The van der Waals surface area contributed by atoms with Gasteiger partial charge in [-0.1, -0.05) is 0 Å². The summed E-state index contributed by atoms with van der Waals surface area (Å²) in [4.78, 5) is 41.8. The number of carbonyl (C=O) groups excluding carboxylic acids is 2. The van der Waals surface area contributed by atoms with Crippen molar-refractivity contribution in [1.82, 2.24) is 24.8 Å². The Bertz CT molecular complexity index is 857. The SMILES string of the molecule is O=C(C1CC1)N1CCCC(C(=O)N2CCCC(c3nc4ccncc4[nH]3)C2)C1. The van der Waals surface area contributed by atoms with E-state index in [-0.39, 0.29) is 29.6 Å². The quantitative estimate of drug-likeness (QED) is 0.885. The molecule has 148 valence electrons. The molecule has 5 rings (SSSR count). The Kier molecular flexibility index (Phi) is 4.53. The van der Waals surface area contributed by atoms with Crippen molar-refractivity contribution in [1.29, 1.82) is 0 Å². The lowest BCUT2D eigenvalue weighted by atomic mass is 9.92. The molecule has 7 nitrogen and oxygen atoms in total. The average Bonchev–Trinajstić information content (AvgIpc) is 3.51. The second-order valence-electron chi connectivity index (χ2n) is 8.54. The molecule has 0 bridgehead atoms. The smallest absolute Gasteiger partial charge is 0.227 e. The summed E-state index contributed by atoms with van der Waals surface area (Å²) in [6, 6.07) is 1.91. The van der Waals surface area contributed by atoms with E-state index in [1.807, 2.05) is 15.9 Å². The third kappa shape index (κ3) is 3.38. The van der Waals surface area contributed by atoms with Crippen LogP contribution in [0.4, 0.5) is 0 Å². The molecule has 7 heteroatoms. The molecule has 1 aliphatic carbocycles. The predicted octanol–water partition coefficient (Wildman–Crippen LogP) is 2.31. The topological polar surface area (TPSA) is 82.2 Å². The summed E-state index contributed by atoms with van der Waals surface area (Å²) in [5.74, 6) is 1.86. The highest BCUT2D eigenvalue weighted by Crippen LogP contribution is 2.33. The van der Waals surface area contributed by atoms with Crippen LogP contribution in [0.15, 0.2) is 18.5 Å². The Labute approximate surface area is 164 Å². The lowest BCUT2D eigenvalue weighted by Crippen LogP contribution is -2.49. The Morgan fingerprint density at radius 3 is 2.50 bits per heavy atom. The van der Waals surface area contributed by atoms with Gasteiger partial charge in [-0.05, 0) is 44.6 Å². The molecule has 2 atom stereocenters. The van der Waals surface area contributed by atoms with Crippen molar-refractivity contribution < 1.29 is 9.59 Å². The van der Waals surface area contributed by atoms with Crippen LogP contribution in [0.5, 0.6) is 0 Å². The van der Waals surface area contributed by atoms with E-state index < -0.39 is 0 Å². The summed E-state index contributed by atoms with van der Waals surface area (Å²) in [6.07, 6.45) is 9.45. The van der Waals surface area contributed by atoms with Gasteiger partial charge in [0, 0.05) is 44.2 Å². The molecule has 2 aromatic heterocycles. The molecule has 3 aliphatic rings. The number of carbonyl (C=O) groups is 2. The van der Waals surface area contributed by atoms with Gasteiger partial charge in [0.25, 0.3) is 0 Å². The molecule has 0 radical (unpaired) electrons. The number of hydrogen-bond donors (Lipinski definition) is 1. The van der Waals surface area contributed by atoms with Crippen molar-refractivity contribution in [2.45, 2.75) is 44.4 Å². The minimum absolute atomic E-state index is 0.0462. The number of fused-ring (bicyclic) bond motifs is 1. The molecule has 2 saturated heterocycles. The standard InChI is InChI=1S/C21H27N5O2/c27-20(14-5-6-14)26-10-2-4-16(13-26)21(28)25-9-1-3-15(12-25)19-23-17-7-8-22-11-18(17)24-19/h7-8,11,14-16H,1-6,9-10,12-13H2,(H,23,24). The summed E-state index contributed by atoms with van der Waals surface area (Å²) in [5.41, 5.74) is 1.87. The number of aromatic nitrogens is 3. The van der Waals surface area contributed by atoms with Crippen LogP contribution < -0.4 is 0 Å². The summed E-state index contributed by atoms with van der Waals surface area (Å²) >= 11 is 0. The van der Waals surface area contributed by atoms with Gasteiger partial charge in [0.15, 0.2) is 0 Å². The van der Waals surface area contributed by atoms with Crippen molar-refractivity contribution in [2.24, 2.45) is 11.8 Å². The predicted molar refractivity (Wildman–Crippen MR) is 104 cm³/mol. The van der Waals surface area contributed by atoms with Gasteiger partial charge in [0.05, 0.1) is 23.1 Å². The average molecular weight is 381 g/mol. The zero-order valence-electron chi connectivity index (χ0n) is 16.1. The van der Waals surface area contributed by atoms with E-state index in [1.165, 1.54) is 0 Å². The zero-order valence-corrected chi connectivity index (χ0v) is 16.1. The van der Waals surface area contributed by atoms with E-state index in [1.54, 1.807) is 12.4 Å². The summed E-state index contributed by atoms with van der Waals surface area (Å²) in [7, 11) is 0. The van der Waals surface area contributed by atoms with Gasteiger partial charge in [0.2, 0.25) is 11.8 Å². The number of hydrogen-bond acceptors (Lipinski definition) is 4. The van der Waals surface area contributed by atoms with Crippen LogP contribution >= 0.6 is 0 Å². The minimum Gasteiger partial charge on any atom is -0.342 e. The van der Waals surface area contributed by atoms with Crippen LogP contribution in [0.25, 0.3) is 11.0 Å². The van der Waals surface area contributed by atoms with Crippen molar-refractivity contribution in [3.63, 3.8) is 0 Å². The molecule has 28 heavy (non-hydrogen) atoms. The highest BCUT2D eigenvalue weighted by Gasteiger charge is 2.38. The fourth-order valence-electron chi connectivity index (χ4n) is 4.70. The zero-order chi connectivity index (χ0) is 19.1. The van der Waals surface area contributed by atoms with Crippen molar-refractivity contribution >= 4 is 22.8 Å². The van der Waals surface area contributed by atoms with Gasteiger partial charge >= 0.3 is 0 Å². The molecule has 2 aliphatic heterocycles. The lowest BCUT2D eigenvalue weighted by molar-refractivity contribution is -0.142. The third-order valence-electron chi connectivity index (χ3n) is 6.43. The lowest BCUT2D eigenvalue weighted by Gasteiger charge is -2.38. The summed E-state index contributed by atoms with van der Waals surface area (Å²) in [6.45, 7) is 2.93. The van der Waals surface area contributed by atoms with E-state index >= 15 is 0 Å². The fraction of sp³-hybridized carbons (Fsp3) is 0.619. The van der Waals surface area contributed by atoms with Crippen molar-refractivity contribution in [2.75, 3.05) is 26.2 Å². The van der Waals surface area contributed by atoms with E-state index in [0.29, 0.717) is 13.1 Å². The van der Waals surface area contributed by atoms with Crippen molar-refractivity contribution in [3.8, 4) is 0 Å². The van der Waals surface area contributed by atoms with E-state index in [2.05, 4.69) is 9.97 Å². The maximum atomic E-state index is 13.2. The number of likely N-dealkylation sites (tertiary alicyclic amines) is 2. The highest BCUT2D eigenvalue weighted by atomic mass is 16.2. The molecule has 4 heterocycles. The van der Waals surface area contributed by atoms with E-state index in [9.17, 15) is 9.59 Å². The third-order valence-corrected chi connectivity index (χ3v) is 6.43. The fourth-order valence-corrected chi connectivity index (χ4v) is 4.70. The Morgan fingerprint density at radius 1 is 0.964 bits per heavy atom. The Hall–Kier alpha value is -2.44. The monoisotopic (exact) mass is 381 g/mol. The van der Waals surface area contributed by atoms with Crippen LogP contribution in [-0.4, -0.2) is 62.7 Å². The molecule has 0 spiro atoms. The Balaban J connectivity index is 1.26. The second-order valence-corrected chi connectivity index (χ2v) is 8.54. The number of H-pyrrole nitrogens is 1. The second kappa shape index (κ2) is 7.18. The van der Waals surface area contributed by atoms with Crippen LogP contribution in [0.1, 0.15) is 50.3 Å². The first-order valence-electron chi connectivity index (χ1n) is 10.6. The number of nitrogens with one attached hydrogen (secondary N) is 1. The van der Waals surface area contributed by atoms with E-state index in [4.69, 9.17) is 4.98 Å². The van der Waals surface area contributed by atoms with E-state index in [0.717, 1.165) is 68.5 Å². The molecule has 2 aromatic rings. The van der Waals surface area contributed by atoms with Crippen LogP contribution in [0.3, 0.4) is 0 Å². The number of imidazole rings is 1. The van der Waals surface area contributed by atoms with Crippen LogP contribution in [0, 0.1) is 11.8 Å². The molecule has 2 amide bonds. The normalized spacial score (nSPS) is 25.9. The van der Waals surface area contributed by atoms with Gasteiger partial charge in [-0.15, -0.1) is 0 Å². The Morgan fingerprint density at radius 2 is 1.71 bits per heavy atom. The number of piperidine rings is 2. The highest BCUT2D eigenvalue weighted by molar-refractivity contribution is 5.83. The first kappa shape index (κ1) is 17.6. The number of nitrogens with zero attached hydrogens (tertiary/aromatic N) is 4. The largest absolute Gasteiger partial charge is 0.342 e. The maximum absolute atomic E-state index is 13.2. The number of aromatic amines is 1. The van der Waals surface area contributed by atoms with Crippen LogP contribution in [0.2, 0.25) is 0 Å². The first-order valence-corrected chi connectivity index (χ1v) is 10.6. The minimum atomic E-state index is -0.0462. The number of pyridine rings is 1.